The Balaban J connectivity index is 2.88. The van der Waals surface area contributed by atoms with E-state index in [0.717, 1.165) is 6.54 Å². The van der Waals surface area contributed by atoms with Gasteiger partial charge in [-0.3, -0.25) is 0 Å². The van der Waals surface area contributed by atoms with Gasteiger partial charge in [0.1, 0.15) is 11.6 Å². The minimum atomic E-state index is -0.485. The quantitative estimate of drug-likeness (QED) is 0.803. The Labute approximate surface area is 110 Å². The fraction of sp³-hybridized carbons (Fsp3) is 0.538. The predicted molar refractivity (Wildman–Crippen MR) is 70.2 cm³/mol. The van der Waals surface area contributed by atoms with Gasteiger partial charge < -0.3 is 5.32 Å². The SMILES string of the molecule is CCNC(C)CC(C)c1c(F)ccc(Br)c1F. The maximum absolute atomic E-state index is 13.8. The van der Waals surface area contributed by atoms with Crippen LogP contribution in [0.3, 0.4) is 0 Å². The topological polar surface area (TPSA) is 12.0 Å². The molecule has 0 aliphatic carbocycles. The van der Waals surface area contributed by atoms with Crippen molar-refractivity contribution in [1.29, 1.82) is 0 Å². The molecule has 0 aliphatic rings. The monoisotopic (exact) mass is 305 g/mol. The van der Waals surface area contributed by atoms with Crippen LogP contribution in [0.5, 0.6) is 0 Å². The highest BCUT2D eigenvalue weighted by atomic mass is 79.9. The van der Waals surface area contributed by atoms with Crippen molar-refractivity contribution in [3.63, 3.8) is 0 Å². The molecule has 17 heavy (non-hydrogen) atoms. The molecule has 0 saturated carbocycles. The van der Waals surface area contributed by atoms with E-state index in [2.05, 4.69) is 21.2 Å². The molecule has 96 valence electrons. The van der Waals surface area contributed by atoms with Crippen LogP contribution in [0, 0.1) is 11.6 Å². The van der Waals surface area contributed by atoms with Gasteiger partial charge in [-0.1, -0.05) is 13.8 Å². The highest BCUT2D eigenvalue weighted by molar-refractivity contribution is 9.10. The van der Waals surface area contributed by atoms with E-state index in [0.29, 0.717) is 10.9 Å². The van der Waals surface area contributed by atoms with Crippen molar-refractivity contribution in [1.82, 2.24) is 5.32 Å². The molecule has 0 aromatic heterocycles. The molecular formula is C13H18BrF2N. The third-order valence-electron chi connectivity index (χ3n) is 2.83. The first-order valence-corrected chi connectivity index (χ1v) is 6.63. The Hall–Kier alpha value is -0.480. The van der Waals surface area contributed by atoms with Crippen LogP contribution in [0.15, 0.2) is 16.6 Å². The Morgan fingerprint density at radius 2 is 1.94 bits per heavy atom. The van der Waals surface area contributed by atoms with Crippen molar-refractivity contribution < 1.29 is 8.78 Å². The maximum Gasteiger partial charge on any atom is 0.143 e. The highest BCUT2D eigenvalue weighted by Crippen LogP contribution is 2.30. The lowest BCUT2D eigenvalue weighted by molar-refractivity contribution is 0.459. The van der Waals surface area contributed by atoms with Gasteiger partial charge in [-0.2, -0.15) is 0 Å². The van der Waals surface area contributed by atoms with Crippen molar-refractivity contribution in [2.24, 2.45) is 0 Å². The summed E-state index contributed by atoms with van der Waals surface area (Å²) in [6, 6.07) is 2.94. The molecule has 0 bridgehead atoms. The van der Waals surface area contributed by atoms with Crippen molar-refractivity contribution in [3.05, 3.63) is 33.8 Å². The number of halogens is 3. The van der Waals surface area contributed by atoms with Gasteiger partial charge in [-0.15, -0.1) is 0 Å². The predicted octanol–water partition coefficient (Wildman–Crippen LogP) is 4.22. The second-order valence-electron chi connectivity index (χ2n) is 4.35. The van der Waals surface area contributed by atoms with Crippen LogP contribution < -0.4 is 5.32 Å². The lowest BCUT2D eigenvalue weighted by Gasteiger charge is -2.19. The standard InChI is InChI=1S/C13H18BrF2N/c1-4-17-9(3)7-8(2)12-11(15)6-5-10(14)13(12)16/h5-6,8-9,17H,4,7H2,1-3H3. The summed E-state index contributed by atoms with van der Waals surface area (Å²) in [5, 5.41) is 3.24. The van der Waals surface area contributed by atoms with E-state index in [9.17, 15) is 8.78 Å². The van der Waals surface area contributed by atoms with Gasteiger partial charge in [0.2, 0.25) is 0 Å². The zero-order valence-electron chi connectivity index (χ0n) is 10.4. The zero-order chi connectivity index (χ0) is 13.0. The summed E-state index contributed by atoms with van der Waals surface area (Å²) in [6.07, 6.45) is 0.706. The fourth-order valence-corrected chi connectivity index (χ4v) is 2.42. The van der Waals surface area contributed by atoms with Crippen LogP contribution in [0.1, 0.15) is 38.7 Å². The molecule has 4 heteroatoms. The number of hydrogen-bond acceptors (Lipinski definition) is 1. The Kier molecular flexibility index (Phi) is 5.53. The summed E-state index contributed by atoms with van der Waals surface area (Å²) >= 11 is 3.09. The second kappa shape index (κ2) is 6.45. The molecule has 0 saturated heterocycles. The van der Waals surface area contributed by atoms with Crippen molar-refractivity contribution in [3.8, 4) is 0 Å². The maximum atomic E-state index is 13.8. The molecule has 1 N–H and O–H groups in total. The first kappa shape index (κ1) is 14.6. The molecule has 0 radical (unpaired) electrons. The van der Waals surface area contributed by atoms with Gasteiger partial charge in [0.15, 0.2) is 0 Å². The van der Waals surface area contributed by atoms with Crippen LogP contribution in [-0.2, 0) is 0 Å². The molecule has 2 atom stereocenters. The van der Waals surface area contributed by atoms with Crippen molar-refractivity contribution in [2.45, 2.75) is 39.2 Å². The smallest absolute Gasteiger partial charge is 0.143 e. The highest BCUT2D eigenvalue weighted by Gasteiger charge is 2.20. The molecule has 1 nitrogen and oxygen atoms in total. The van der Waals surface area contributed by atoms with E-state index in [4.69, 9.17) is 0 Å². The van der Waals surface area contributed by atoms with Crippen LogP contribution in [0.2, 0.25) is 0 Å². The van der Waals surface area contributed by atoms with Gasteiger partial charge in [0.05, 0.1) is 4.47 Å². The minimum Gasteiger partial charge on any atom is -0.315 e. The molecule has 0 aliphatic heterocycles. The summed E-state index contributed by atoms with van der Waals surface area (Å²) in [4.78, 5) is 0. The number of rotatable bonds is 5. The molecule has 0 spiro atoms. The van der Waals surface area contributed by atoms with Gasteiger partial charge in [-0.25, -0.2) is 8.78 Å². The average Bonchev–Trinajstić information content (AvgIpc) is 2.24. The summed E-state index contributed by atoms with van der Waals surface area (Å²) in [5.41, 5.74) is 0.170. The van der Waals surface area contributed by atoms with E-state index in [1.807, 2.05) is 20.8 Å². The van der Waals surface area contributed by atoms with Gasteiger partial charge in [0, 0.05) is 11.6 Å². The van der Waals surface area contributed by atoms with Crippen LogP contribution in [-0.4, -0.2) is 12.6 Å². The van der Waals surface area contributed by atoms with Gasteiger partial charge >= 0.3 is 0 Å². The zero-order valence-corrected chi connectivity index (χ0v) is 11.9. The molecule has 0 amide bonds. The molecule has 1 rings (SSSR count). The number of hydrogen-bond donors (Lipinski definition) is 1. The van der Waals surface area contributed by atoms with Crippen LogP contribution in [0.25, 0.3) is 0 Å². The van der Waals surface area contributed by atoms with Crippen LogP contribution >= 0.6 is 15.9 Å². The van der Waals surface area contributed by atoms with E-state index in [1.54, 1.807) is 0 Å². The third-order valence-corrected chi connectivity index (χ3v) is 3.44. The molecule has 1 aromatic rings. The van der Waals surface area contributed by atoms with Crippen LogP contribution in [0.4, 0.5) is 8.78 Å². The fourth-order valence-electron chi connectivity index (χ4n) is 2.07. The molecule has 0 heterocycles. The lowest BCUT2D eigenvalue weighted by atomic mass is 9.93. The molecular weight excluding hydrogens is 288 g/mol. The first-order valence-electron chi connectivity index (χ1n) is 5.84. The van der Waals surface area contributed by atoms with E-state index >= 15 is 0 Å². The molecule has 2 unspecified atom stereocenters. The molecule has 1 aromatic carbocycles. The normalized spacial score (nSPS) is 14.7. The largest absolute Gasteiger partial charge is 0.315 e. The minimum absolute atomic E-state index is 0.151. The van der Waals surface area contributed by atoms with E-state index in [-0.39, 0.29) is 17.5 Å². The number of benzene rings is 1. The second-order valence-corrected chi connectivity index (χ2v) is 5.21. The summed E-state index contributed by atoms with van der Waals surface area (Å²) < 4.78 is 27.8. The van der Waals surface area contributed by atoms with Gasteiger partial charge in [-0.05, 0) is 53.9 Å². The Bertz CT molecular complexity index is 382. The third kappa shape index (κ3) is 3.75. The summed E-state index contributed by atoms with van der Waals surface area (Å²) in [7, 11) is 0. The Morgan fingerprint density at radius 3 is 2.53 bits per heavy atom. The first-order chi connectivity index (χ1) is 7.97. The van der Waals surface area contributed by atoms with Crippen molar-refractivity contribution in [2.75, 3.05) is 6.54 Å². The van der Waals surface area contributed by atoms with E-state index < -0.39 is 11.6 Å². The summed E-state index contributed by atoms with van der Waals surface area (Å²) in [5.74, 6) is -1.11. The lowest BCUT2D eigenvalue weighted by Crippen LogP contribution is -2.27. The van der Waals surface area contributed by atoms with Gasteiger partial charge in [0.25, 0.3) is 0 Å². The Morgan fingerprint density at radius 1 is 1.29 bits per heavy atom. The summed E-state index contributed by atoms with van der Waals surface area (Å²) in [6.45, 7) is 6.74. The van der Waals surface area contributed by atoms with Crippen molar-refractivity contribution >= 4 is 15.9 Å². The molecule has 0 fully saturated rings. The number of nitrogens with one attached hydrogen (secondary N) is 1. The van der Waals surface area contributed by atoms with E-state index in [1.165, 1.54) is 12.1 Å². The average molecular weight is 306 g/mol.